The SMILES string of the molecule is CC(C)(C)S(=O)/N=C/c1ccccc1B(O)O. The van der Waals surface area contributed by atoms with Gasteiger partial charge in [0.05, 0.1) is 4.75 Å². The summed E-state index contributed by atoms with van der Waals surface area (Å²) in [6.45, 7) is 5.48. The Morgan fingerprint density at radius 1 is 1.29 bits per heavy atom. The van der Waals surface area contributed by atoms with Crippen molar-refractivity contribution in [2.45, 2.75) is 25.5 Å². The predicted octanol–water partition coefficient (Wildman–Crippen LogP) is 0.247. The van der Waals surface area contributed by atoms with E-state index in [0.717, 1.165) is 0 Å². The van der Waals surface area contributed by atoms with E-state index in [4.69, 9.17) is 10.0 Å². The first-order chi connectivity index (χ1) is 7.82. The normalized spacial score (nSPS) is 13.9. The number of benzene rings is 1. The fourth-order valence-corrected chi connectivity index (χ4v) is 1.65. The van der Waals surface area contributed by atoms with E-state index in [9.17, 15) is 4.21 Å². The Labute approximate surface area is 104 Å². The Morgan fingerprint density at radius 3 is 2.41 bits per heavy atom. The summed E-state index contributed by atoms with van der Waals surface area (Å²) < 4.78 is 15.2. The van der Waals surface area contributed by atoms with Crippen LogP contribution in [0.25, 0.3) is 0 Å². The van der Waals surface area contributed by atoms with E-state index in [1.807, 2.05) is 20.8 Å². The molecule has 0 aliphatic rings. The molecule has 2 N–H and O–H groups in total. The summed E-state index contributed by atoms with van der Waals surface area (Å²) in [5, 5.41) is 18.3. The molecule has 0 amide bonds. The second-order valence-corrected chi connectivity index (χ2v) is 6.53. The fraction of sp³-hybridized carbons (Fsp3) is 0.364. The van der Waals surface area contributed by atoms with Gasteiger partial charge in [0.15, 0.2) is 0 Å². The first-order valence-electron chi connectivity index (χ1n) is 5.23. The van der Waals surface area contributed by atoms with Crippen molar-refractivity contribution in [3.8, 4) is 0 Å². The lowest BCUT2D eigenvalue weighted by Crippen LogP contribution is -2.33. The average Bonchev–Trinajstić information content (AvgIpc) is 2.24. The minimum atomic E-state index is -1.55. The second kappa shape index (κ2) is 5.57. The molecule has 1 unspecified atom stereocenters. The third-order valence-electron chi connectivity index (χ3n) is 2.09. The van der Waals surface area contributed by atoms with Crippen molar-refractivity contribution in [1.29, 1.82) is 0 Å². The Hall–Kier alpha value is -0.975. The molecular weight excluding hydrogens is 237 g/mol. The molecule has 0 bridgehead atoms. The van der Waals surface area contributed by atoms with Crippen molar-refractivity contribution in [2.24, 2.45) is 4.40 Å². The van der Waals surface area contributed by atoms with Crippen molar-refractivity contribution in [1.82, 2.24) is 0 Å². The molecular formula is C11H16BNO3S. The van der Waals surface area contributed by atoms with Gasteiger partial charge in [0, 0.05) is 6.21 Å². The van der Waals surface area contributed by atoms with Gasteiger partial charge >= 0.3 is 7.12 Å². The number of nitrogens with zero attached hydrogens (tertiary/aromatic N) is 1. The molecule has 1 aromatic rings. The smallest absolute Gasteiger partial charge is 0.423 e. The molecule has 4 nitrogen and oxygen atoms in total. The largest absolute Gasteiger partial charge is 0.489 e. The van der Waals surface area contributed by atoms with E-state index in [0.29, 0.717) is 11.0 Å². The summed E-state index contributed by atoms with van der Waals surface area (Å²) in [6, 6.07) is 6.74. The van der Waals surface area contributed by atoms with Crippen LogP contribution in [0.5, 0.6) is 0 Å². The topological polar surface area (TPSA) is 69.9 Å². The minimum Gasteiger partial charge on any atom is -0.423 e. The zero-order valence-electron chi connectivity index (χ0n) is 10.1. The number of rotatable bonds is 3. The van der Waals surface area contributed by atoms with Crippen LogP contribution in [0.1, 0.15) is 26.3 Å². The third kappa shape index (κ3) is 4.07. The first-order valence-corrected chi connectivity index (χ1v) is 6.34. The molecule has 0 aliphatic carbocycles. The molecule has 1 atom stereocenters. The van der Waals surface area contributed by atoms with Gasteiger partial charge in [-0.1, -0.05) is 24.3 Å². The predicted molar refractivity (Wildman–Crippen MR) is 71.8 cm³/mol. The lowest BCUT2D eigenvalue weighted by Gasteiger charge is -2.13. The van der Waals surface area contributed by atoms with E-state index in [-0.39, 0.29) is 0 Å². The van der Waals surface area contributed by atoms with E-state index in [2.05, 4.69) is 4.40 Å². The van der Waals surface area contributed by atoms with Gasteiger partial charge in [-0.05, 0) is 31.8 Å². The molecule has 0 fully saturated rings. The minimum absolute atomic E-state index is 0.349. The summed E-state index contributed by atoms with van der Waals surface area (Å²) in [7, 11) is -2.91. The van der Waals surface area contributed by atoms with E-state index in [1.165, 1.54) is 6.21 Å². The molecule has 0 spiro atoms. The summed E-state index contributed by atoms with van der Waals surface area (Å²) in [5.41, 5.74) is 0.905. The Kier molecular flexibility index (Phi) is 4.62. The van der Waals surface area contributed by atoms with Crippen LogP contribution in [0.2, 0.25) is 0 Å². The molecule has 0 radical (unpaired) electrons. The third-order valence-corrected chi connectivity index (χ3v) is 3.43. The highest BCUT2D eigenvalue weighted by atomic mass is 32.2. The van der Waals surface area contributed by atoms with E-state index < -0.39 is 22.9 Å². The first kappa shape index (κ1) is 14.1. The Balaban J connectivity index is 2.96. The van der Waals surface area contributed by atoms with Crippen LogP contribution in [-0.4, -0.2) is 32.3 Å². The summed E-state index contributed by atoms with van der Waals surface area (Å²) in [6.07, 6.45) is 1.41. The summed E-state index contributed by atoms with van der Waals surface area (Å²) in [5.74, 6) is 0. The van der Waals surface area contributed by atoms with Crippen LogP contribution in [0.3, 0.4) is 0 Å². The van der Waals surface area contributed by atoms with Crippen molar-refractivity contribution in [2.75, 3.05) is 0 Å². The maximum absolute atomic E-state index is 11.7. The molecule has 0 aromatic heterocycles. The highest BCUT2D eigenvalue weighted by Crippen LogP contribution is 2.11. The lowest BCUT2D eigenvalue weighted by molar-refractivity contribution is 0.425. The highest BCUT2D eigenvalue weighted by Gasteiger charge is 2.19. The molecule has 0 saturated carbocycles. The van der Waals surface area contributed by atoms with Crippen LogP contribution >= 0.6 is 0 Å². The fourth-order valence-electron chi connectivity index (χ4n) is 1.13. The molecule has 0 saturated heterocycles. The van der Waals surface area contributed by atoms with Gasteiger partial charge in [0.2, 0.25) is 0 Å². The molecule has 0 heterocycles. The summed E-state index contributed by atoms with van der Waals surface area (Å²) in [4.78, 5) is 0. The van der Waals surface area contributed by atoms with Crippen molar-refractivity contribution >= 4 is 29.8 Å². The quantitative estimate of drug-likeness (QED) is 0.599. The van der Waals surface area contributed by atoms with Gasteiger partial charge in [-0.25, -0.2) is 4.21 Å². The average molecular weight is 253 g/mol. The van der Waals surface area contributed by atoms with Gasteiger partial charge < -0.3 is 10.0 Å². The highest BCUT2D eigenvalue weighted by molar-refractivity contribution is 7.85. The Morgan fingerprint density at radius 2 is 1.88 bits per heavy atom. The van der Waals surface area contributed by atoms with E-state index in [1.54, 1.807) is 24.3 Å². The summed E-state index contributed by atoms with van der Waals surface area (Å²) >= 11 is 0. The van der Waals surface area contributed by atoms with Gasteiger partial charge in [-0.3, -0.25) is 0 Å². The maximum Gasteiger partial charge on any atom is 0.489 e. The van der Waals surface area contributed by atoms with Crippen LogP contribution in [0.4, 0.5) is 0 Å². The zero-order chi connectivity index (χ0) is 13.1. The van der Waals surface area contributed by atoms with Crippen molar-refractivity contribution in [3.63, 3.8) is 0 Å². The second-order valence-electron chi connectivity index (χ2n) is 4.60. The van der Waals surface area contributed by atoms with Crippen LogP contribution in [-0.2, 0) is 11.0 Å². The van der Waals surface area contributed by atoms with Gasteiger partial charge in [0.25, 0.3) is 0 Å². The molecule has 0 aliphatic heterocycles. The van der Waals surface area contributed by atoms with Gasteiger partial charge in [-0.15, -0.1) is 0 Å². The van der Waals surface area contributed by atoms with Crippen molar-refractivity contribution < 1.29 is 14.3 Å². The Bertz CT molecular complexity index is 441. The molecule has 6 heteroatoms. The van der Waals surface area contributed by atoms with Gasteiger partial charge in [-0.2, -0.15) is 4.40 Å². The molecule has 92 valence electrons. The standard InChI is InChI=1S/C11H16BNO3S/c1-11(2,3)17(16)13-8-9-6-4-5-7-10(9)12(14)15/h4-8,14-15H,1-3H3/b13-8+. The lowest BCUT2D eigenvalue weighted by atomic mass is 9.77. The number of hydrogen-bond donors (Lipinski definition) is 2. The number of hydrogen-bond acceptors (Lipinski definition) is 3. The zero-order valence-corrected chi connectivity index (χ0v) is 10.9. The molecule has 1 rings (SSSR count). The van der Waals surface area contributed by atoms with E-state index >= 15 is 0 Å². The van der Waals surface area contributed by atoms with Crippen LogP contribution < -0.4 is 5.46 Å². The maximum atomic E-state index is 11.7. The monoisotopic (exact) mass is 253 g/mol. The van der Waals surface area contributed by atoms with Crippen molar-refractivity contribution in [3.05, 3.63) is 29.8 Å². The van der Waals surface area contributed by atoms with Gasteiger partial charge in [0.1, 0.15) is 11.0 Å². The molecule has 17 heavy (non-hydrogen) atoms. The van der Waals surface area contributed by atoms with Crippen LogP contribution in [0.15, 0.2) is 28.7 Å². The van der Waals surface area contributed by atoms with Crippen LogP contribution in [0, 0.1) is 0 Å². The molecule has 1 aromatic carbocycles.